The summed E-state index contributed by atoms with van der Waals surface area (Å²) in [4.78, 5) is 0. The van der Waals surface area contributed by atoms with E-state index in [1.165, 1.54) is 5.56 Å². The molecule has 0 radical (unpaired) electrons. The number of anilines is 2. The number of aryl methyl sites for hydroxylation is 1. The summed E-state index contributed by atoms with van der Waals surface area (Å²) in [5.41, 5.74) is 12.1. The van der Waals surface area contributed by atoms with Crippen molar-refractivity contribution in [2.75, 3.05) is 11.2 Å². The van der Waals surface area contributed by atoms with Crippen molar-refractivity contribution in [1.29, 1.82) is 0 Å². The van der Waals surface area contributed by atoms with Crippen molar-refractivity contribution in [3.8, 4) is 0 Å². The molecular weight excluding hydrogens is 138 g/mol. The van der Waals surface area contributed by atoms with E-state index in [1.807, 2.05) is 26.0 Å². The topological polar surface area (TPSA) is 64.1 Å². The molecule has 0 heterocycles. The van der Waals surface area contributed by atoms with E-state index in [1.54, 1.807) is 0 Å². The zero-order valence-electron chi connectivity index (χ0n) is 6.81. The van der Waals surface area contributed by atoms with Gasteiger partial charge >= 0.3 is 0 Å². The predicted octanol–water partition coefficient (Wildman–Crippen LogP) is 1.17. The van der Waals surface area contributed by atoms with Gasteiger partial charge in [0, 0.05) is 0 Å². The van der Waals surface area contributed by atoms with Gasteiger partial charge < -0.3 is 11.2 Å². The molecule has 0 unspecified atom stereocenters. The summed E-state index contributed by atoms with van der Waals surface area (Å²) in [6.07, 6.45) is 0. The molecule has 0 fully saturated rings. The molecule has 11 heavy (non-hydrogen) atoms. The van der Waals surface area contributed by atoms with Crippen molar-refractivity contribution in [3.63, 3.8) is 0 Å². The molecular formula is C8H13N3. The monoisotopic (exact) mass is 151 g/mol. The van der Waals surface area contributed by atoms with E-state index in [-0.39, 0.29) is 0 Å². The molecule has 3 nitrogen and oxygen atoms in total. The van der Waals surface area contributed by atoms with E-state index in [9.17, 15) is 0 Å². The van der Waals surface area contributed by atoms with Gasteiger partial charge in [-0.15, -0.1) is 0 Å². The Morgan fingerprint density at radius 1 is 1.27 bits per heavy atom. The average molecular weight is 151 g/mol. The largest absolute Gasteiger partial charge is 0.397 e. The maximum Gasteiger partial charge on any atom is 0.0718 e. The summed E-state index contributed by atoms with van der Waals surface area (Å²) < 4.78 is 0. The van der Waals surface area contributed by atoms with Crippen LogP contribution in [0.2, 0.25) is 0 Å². The Balaban J connectivity index is 3.25. The SMILES string of the molecule is Cc1ccc(NN)c(N)c1C. The number of nitrogens with two attached hydrogens (primary N) is 2. The highest BCUT2D eigenvalue weighted by molar-refractivity contribution is 5.70. The number of hydrazine groups is 1. The van der Waals surface area contributed by atoms with Crippen LogP contribution in [0.15, 0.2) is 12.1 Å². The molecule has 0 aromatic heterocycles. The number of benzene rings is 1. The lowest BCUT2D eigenvalue weighted by Crippen LogP contribution is -2.10. The molecule has 3 heteroatoms. The number of hydrogen-bond acceptors (Lipinski definition) is 3. The first-order chi connectivity index (χ1) is 5.16. The van der Waals surface area contributed by atoms with Gasteiger partial charge in [0.05, 0.1) is 11.4 Å². The minimum absolute atomic E-state index is 0.729. The van der Waals surface area contributed by atoms with Crippen molar-refractivity contribution in [2.24, 2.45) is 5.84 Å². The fourth-order valence-electron chi connectivity index (χ4n) is 0.963. The maximum absolute atomic E-state index is 5.75. The van der Waals surface area contributed by atoms with E-state index in [0.717, 1.165) is 16.9 Å². The molecule has 0 saturated carbocycles. The Kier molecular flexibility index (Phi) is 2.01. The number of hydrogen-bond donors (Lipinski definition) is 3. The molecule has 0 atom stereocenters. The predicted molar refractivity (Wildman–Crippen MR) is 48.1 cm³/mol. The van der Waals surface area contributed by atoms with Crippen molar-refractivity contribution in [2.45, 2.75) is 13.8 Å². The van der Waals surface area contributed by atoms with Gasteiger partial charge in [-0.05, 0) is 31.0 Å². The van der Waals surface area contributed by atoms with Crippen molar-refractivity contribution >= 4 is 11.4 Å². The summed E-state index contributed by atoms with van der Waals surface area (Å²) >= 11 is 0. The third-order valence-electron chi connectivity index (χ3n) is 1.94. The van der Waals surface area contributed by atoms with Crippen LogP contribution >= 0.6 is 0 Å². The van der Waals surface area contributed by atoms with Crippen LogP contribution in [0.3, 0.4) is 0 Å². The second kappa shape index (κ2) is 2.80. The van der Waals surface area contributed by atoms with E-state index in [4.69, 9.17) is 11.6 Å². The van der Waals surface area contributed by atoms with Crippen LogP contribution < -0.4 is 17.0 Å². The van der Waals surface area contributed by atoms with E-state index in [2.05, 4.69) is 5.43 Å². The van der Waals surface area contributed by atoms with E-state index < -0.39 is 0 Å². The summed E-state index contributed by atoms with van der Waals surface area (Å²) in [7, 11) is 0. The lowest BCUT2D eigenvalue weighted by atomic mass is 10.1. The second-order valence-electron chi connectivity index (χ2n) is 2.61. The van der Waals surface area contributed by atoms with Crippen LogP contribution in [0.1, 0.15) is 11.1 Å². The first-order valence-corrected chi connectivity index (χ1v) is 3.49. The lowest BCUT2D eigenvalue weighted by molar-refractivity contribution is 1.30. The first kappa shape index (κ1) is 7.88. The third kappa shape index (κ3) is 1.28. The van der Waals surface area contributed by atoms with Gasteiger partial charge in [0.25, 0.3) is 0 Å². The molecule has 0 saturated heterocycles. The molecule has 0 amide bonds. The first-order valence-electron chi connectivity index (χ1n) is 3.49. The van der Waals surface area contributed by atoms with Crippen molar-refractivity contribution < 1.29 is 0 Å². The highest BCUT2D eigenvalue weighted by Crippen LogP contribution is 2.23. The molecule has 0 aliphatic rings. The van der Waals surface area contributed by atoms with E-state index >= 15 is 0 Å². The minimum atomic E-state index is 0.729. The van der Waals surface area contributed by atoms with Crippen LogP contribution in [0.25, 0.3) is 0 Å². The third-order valence-corrected chi connectivity index (χ3v) is 1.94. The van der Waals surface area contributed by atoms with Crippen molar-refractivity contribution in [1.82, 2.24) is 0 Å². The Morgan fingerprint density at radius 3 is 2.45 bits per heavy atom. The highest BCUT2D eigenvalue weighted by Gasteiger charge is 2.01. The Bertz CT molecular complexity index is 268. The molecule has 1 rings (SSSR count). The fraction of sp³-hybridized carbons (Fsp3) is 0.250. The minimum Gasteiger partial charge on any atom is -0.397 e. The quantitative estimate of drug-likeness (QED) is 0.321. The summed E-state index contributed by atoms with van der Waals surface area (Å²) in [5, 5.41) is 0. The molecule has 0 spiro atoms. The summed E-state index contributed by atoms with van der Waals surface area (Å²) in [6.45, 7) is 4.00. The van der Waals surface area contributed by atoms with Gasteiger partial charge in [0.1, 0.15) is 0 Å². The van der Waals surface area contributed by atoms with Crippen molar-refractivity contribution in [3.05, 3.63) is 23.3 Å². The van der Waals surface area contributed by atoms with Gasteiger partial charge in [-0.2, -0.15) is 0 Å². The summed E-state index contributed by atoms with van der Waals surface area (Å²) in [5.74, 6) is 5.24. The number of nitrogens with one attached hydrogen (secondary N) is 1. The van der Waals surface area contributed by atoms with Gasteiger partial charge in [0.15, 0.2) is 0 Å². The van der Waals surface area contributed by atoms with Gasteiger partial charge in [0.2, 0.25) is 0 Å². The lowest BCUT2D eigenvalue weighted by Gasteiger charge is -2.09. The Labute approximate surface area is 66.4 Å². The van der Waals surface area contributed by atoms with Crippen LogP contribution in [0, 0.1) is 13.8 Å². The Hall–Kier alpha value is -1.22. The second-order valence-corrected chi connectivity index (χ2v) is 2.61. The van der Waals surface area contributed by atoms with Crippen LogP contribution in [0.4, 0.5) is 11.4 Å². The van der Waals surface area contributed by atoms with Gasteiger partial charge in [-0.1, -0.05) is 6.07 Å². The molecule has 0 aliphatic carbocycles. The highest BCUT2D eigenvalue weighted by atomic mass is 15.2. The maximum atomic E-state index is 5.75. The molecule has 0 bridgehead atoms. The summed E-state index contributed by atoms with van der Waals surface area (Å²) in [6, 6.07) is 3.86. The molecule has 60 valence electrons. The smallest absolute Gasteiger partial charge is 0.0718 e. The number of nitrogen functional groups attached to an aromatic ring is 2. The molecule has 1 aromatic carbocycles. The van der Waals surface area contributed by atoms with Crippen LogP contribution in [-0.2, 0) is 0 Å². The zero-order valence-corrected chi connectivity index (χ0v) is 6.81. The van der Waals surface area contributed by atoms with E-state index in [0.29, 0.717) is 0 Å². The van der Waals surface area contributed by atoms with Crippen LogP contribution in [-0.4, -0.2) is 0 Å². The normalized spacial score (nSPS) is 9.73. The fourth-order valence-corrected chi connectivity index (χ4v) is 0.963. The molecule has 0 aliphatic heterocycles. The van der Waals surface area contributed by atoms with Gasteiger partial charge in [-0.25, -0.2) is 0 Å². The van der Waals surface area contributed by atoms with Crippen LogP contribution in [0.5, 0.6) is 0 Å². The standard InChI is InChI=1S/C8H13N3/c1-5-3-4-7(11-10)8(9)6(5)2/h3-4,11H,9-10H2,1-2H3. The molecule has 5 N–H and O–H groups in total. The average Bonchev–Trinajstić information content (AvgIpc) is 2.01. The molecule has 1 aromatic rings. The Morgan fingerprint density at radius 2 is 1.91 bits per heavy atom. The zero-order chi connectivity index (χ0) is 8.43. The van der Waals surface area contributed by atoms with Gasteiger partial charge in [-0.3, -0.25) is 5.84 Å². The number of rotatable bonds is 1.